The number of aromatic nitrogens is 3. The second-order valence-electron chi connectivity index (χ2n) is 11.0. The van der Waals surface area contributed by atoms with Crippen molar-refractivity contribution in [2.24, 2.45) is 11.3 Å². The molecular formula is C29H35FN6O2. The lowest BCUT2D eigenvalue weighted by atomic mass is 9.79. The summed E-state index contributed by atoms with van der Waals surface area (Å²) in [5.74, 6) is 0.493. The van der Waals surface area contributed by atoms with Crippen LogP contribution in [0.15, 0.2) is 49.2 Å². The molecule has 1 unspecified atom stereocenters. The van der Waals surface area contributed by atoms with E-state index in [1.807, 2.05) is 17.2 Å². The molecule has 2 aliphatic rings. The number of halogens is 1. The van der Waals surface area contributed by atoms with E-state index in [4.69, 9.17) is 9.97 Å². The molecule has 8 nitrogen and oxygen atoms in total. The van der Waals surface area contributed by atoms with Crippen molar-refractivity contribution in [1.29, 1.82) is 0 Å². The minimum Gasteiger partial charge on any atom is -0.359 e. The monoisotopic (exact) mass is 518 g/mol. The first kappa shape index (κ1) is 25.9. The number of carbonyl (C=O) groups excluding carboxylic acids is 2. The molecule has 1 N–H and O–H groups in total. The van der Waals surface area contributed by atoms with E-state index in [-0.39, 0.29) is 29.1 Å². The van der Waals surface area contributed by atoms with Gasteiger partial charge in [0, 0.05) is 68.3 Å². The summed E-state index contributed by atoms with van der Waals surface area (Å²) in [6.07, 6.45) is 5.36. The van der Waals surface area contributed by atoms with Gasteiger partial charge in [0.2, 0.25) is 17.8 Å². The van der Waals surface area contributed by atoms with Gasteiger partial charge in [-0.2, -0.15) is 4.98 Å². The average Bonchev–Trinajstić information content (AvgIpc) is 3.52. The number of anilines is 1. The number of rotatable bonds is 8. The molecule has 0 aliphatic carbocycles. The predicted octanol–water partition coefficient (Wildman–Crippen LogP) is 4.19. The van der Waals surface area contributed by atoms with Crippen molar-refractivity contribution in [2.75, 3.05) is 38.1 Å². The van der Waals surface area contributed by atoms with Crippen molar-refractivity contribution >= 4 is 28.8 Å². The molecule has 1 spiro atoms. The van der Waals surface area contributed by atoms with Crippen molar-refractivity contribution in [3.05, 3.63) is 55.0 Å². The van der Waals surface area contributed by atoms with E-state index in [0.29, 0.717) is 48.3 Å². The zero-order chi connectivity index (χ0) is 27.0. The number of hydrogen-bond acceptors (Lipinski definition) is 5. The summed E-state index contributed by atoms with van der Waals surface area (Å²) in [6, 6.07) is 8.48. The zero-order valence-electron chi connectivity index (χ0n) is 22.3. The molecule has 3 aromatic rings. The number of nitrogens with one attached hydrogen (secondary N) is 1. The Labute approximate surface area is 222 Å². The largest absolute Gasteiger partial charge is 0.359 e. The zero-order valence-corrected chi connectivity index (χ0v) is 22.3. The quantitative estimate of drug-likeness (QED) is 0.452. The third-order valence-corrected chi connectivity index (χ3v) is 7.79. The fraction of sp³-hybridized carbons (Fsp3) is 0.448. The van der Waals surface area contributed by atoms with Crippen molar-refractivity contribution in [3.8, 4) is 11.3 Å². The maximum Gasteiger partial charge on any atom is 0.245 e. The van der Waals surface area contributed by atoms with Crippen LogP contribution in [0.2, 0.25) is 0 Å². The summed E-state index contributed by atoms with van der Waals surface area (Å²) in [7, 11) is 1.65. The van der Waals surface area contributed by atoms with Crippen molar-refractivity contribution in [1.82, 2.24) is 24.8 Å². The van der Waals surface area contributed by atoms with Crippen LogP contribution in [0, 0.1) is 17.2 Å². The molecule has 2 aromatic heterocycles. The highest BCUT2D eigenvalue weighted by Crippen LogP contribution is 2.42. The van der Waals surface area contributed by atoms with Crippen LogP contribution in [-0.2, 0) is 9.59 Å². The fourth-order valence-electron chi connectivity index (χ4n) is 5.88. The molecule has 1 atom stereocenters. The van der Waals surface area contributed by atoms with E-state index in [9.17, 15) is 9.59 Å². The van der Waals surface area contributed by atoms with Crippen LogP contribution in [0.5, 0.6) is 0 Å². The highest BCUT2D eigenvalue weighted by molar-refractivity contribution is 5.92. The van der Waals surface area contributed by atoms with Gasteiger partial charge in [0.05, 0.1) is 5.69 Å². The Morgan fingerprint density at radius 3 is 2.63 bits per heavy atom. The molecule has 9 heteroatoms. The molecule has 0 radical (unpaired) electrons. The molecule has 0 bridgehead atoms. The van der Waals surface area contributed by atoms with Crippen LogP contribution in [0.3, 0.4) is 0 Å². The molecular weight excluding hydrogens is 483 g/mol. The fourth-order valence-corrected chi connectivity index (χ4v) is 5.88. The normalized spacial score (nSPS) is 17.2. The van der Waals surface area contributed by atoms with Gasteiger partial charge in [-0.3, -0.25) is 9.59 Å². The number of benzene rings is 1. The molecule has 200 valence electrons. The van der Waals surface area contributed by atoms with Crippen LogP contribution in [0.25, 0.3) is 22.3 Å². The van der Waals surface area contributed by atoms with E-state index in [1.165, 1.54) is 12.1 Å². The standard InChI is InChI=1S/C29H35FN6O2/c1-5-25(38)35-17-29(18-35)11-13-34(16-29)28-32-26(21-8-6-7-9-23(21)30)22-10-12-36(27(22)33-28)20(14-19(2)3)15-24(37)31-4/h5-10,12,19-20H,1,11,13-18H2,2-4H3,(H,31,37). The Balaban J connectivity index is 1.57. The van der Waals surface area contributed by atoms with Gasteiger partial charge in [-0.25, -0.2) is 9.37 Å². The van der Waals surface area contributed by atoms with Gasteiger partial charge in [-0.15, -0.1) is 0 Å². The molecule has 0 saturated carbocycles. The van der Waals surface area contributed by atoms with Crippen LogP contribution in [-0.4, -0.2) is 64.5 Å². The highest BCUT2D eigenvalue weighted by atomic mass is 19.1. The van der Waals surface area contributed by atoms with Gasteiger partial charge in [-0.05, 0) is 43.0 Å². The minimum atomic E-state index is -0.342. The molecule has 2 fully saturated rings. The van der Waals surface area contributed by atoms with E-state index >= 15 is 4.39 Å². The van der Waals surface area contributed by atoms with Gasteiger partial charge in [0.1, 0.15) is 11.5 Å². The summed E-state index contributed by atoms with van der Waals surface area (Å²) in [6.45, 7) is 10.7. The summed E-state index contributed by atoms with van der Waals surface area (Å²) in [5, 5.41) is 3.49. The number of carbonyl (C=O) groups is 2. The van der Waals surface area contributed by atoms with E-state index in [1.54, 1.807) is 25.2 Å². The Kier molecular flexibility index (Phi) is 6.94. The van der Waals surface area contributed by atoms with Gasteiger partial charge in [-0.1, -0.05) is 32.6 Å². The second kappa shape index (κ2) is 10.2. The maximum absolute atomic E-state index is 15.0. The second-order valence-corrected chi connectivity index (χ2v) is 11.0. The van der Waals surface area contributed by atoms with Crippen LogP contribution >= 0.6 is 0 Å². The van der Waals surface area contributed by atoms with Gasteiger partial charge in [0.25, 0.3) is 0 Å². The molecule has 38 heavy (non-hydrogen) atoms. The molecule has 4 heterocycles. The summed E-state index contributed by atoms with van der Waals surface area (Å²) < 4.78 is 17.1. The summed E-state index contributed by atoms with van der Waals surface area (Å²) >= 11 is 0. The maximum atomic E-state index is 15.0. The first-order valence-corrected chi connectivity index (χ1v) is 13.2. The van der Waals surface area contributed by atoms with Crippen LogP contribution < -0.4 is 10.2 Å². The first-order valence-electron chi connectivity index (χ1n) is 13.2. The number of fused-ring (bicyclic) bond motifs is 1. The molecule has 1 aromatic carbocycles. The lowest BCUT2D eigenvalue weighted by Crippen LogP contribution is -2.59. The Morgan fingerprint density at radius 2 is 1.95 bits per heavy atom. The molecule has 2 amide bonds. The van der Waals surface area contributed by atoms with Crippen molar-refractivity contribution in [2.45, 2.75) is 39.2 Å². The average molecular weight is 519 g/mol. The van der Waals surface area contributed by atoms with E-state index < -0.39 is 0 Å². The topological polar surface area (TPSA) is 83.4 Å². The Bertz CT molecular complexity index is 1380. The first-order chi connectivity index (χ1) is 18.2. The summed E-state index contributed by atoms with van der Waals surface area (Å²) in [5.41, 5.74) is 1.67. The van der Waals surface area contributed by atoms with E-state index in [0.717, 1.165) is 31.3 Å². The SMILES string of the molecule is C=CC(=O)N1CC2(CCN(c3nc(-c4ccccc4F)c4ccn(C(CC(=O)NC)CC(C)C)c4n3)C2)C1. The number of hydrogen-bond donors (Lipinski definition) is 1. The van der Waals surface area contributed by atoms with Crippen LogP contribution in [0.4, 0.5) is 10.3 Å². The van der Waals surface area contributed by atoms with Crippen LogP contribution in [0.1, 0.15) is 39.2 Å². The number of amides is 2. The molecule has 2 saturated heterocycles. The van der Waals surface area contributed by atoms with Crippen molar-refractivity contribution in [3.63, 3.8) is 0 Å². The smallest absolute Gasteiger partial charge is 0.245 e. The Hall–Kier alpha value is -3.75. The lowest BCUT2D eigenvalue weighted by molar-refractivity contribution is -0.136. The third kappa shape index (κ3) is 4.77. The summed E-state index contributed by atoms with van der Waals surface area (Å²) in [4.78, 5) is 38.3. The molecule has 5 rings (SSSR count). The number of likely N-dealkylation sites (tertiary alicyclic amines) is 1. The predicted molar refractivity (Wildman–Crippen MR) is 146 cm³/mol. The van der Waals surface area contributed by atoms with Gasteiger partial charge < -0.3 is 19.7 Å². The third-order valence-electron chi connectivity index (χ3n) is 7.79. The number of nitrogens with zero attached hydrogens (tertiary/aromatic N) is 5. The Morgan fingerprint density at radius 1 is 1.18 bits per heavy atom. The minimum absolute atomic E-state index is 0.0105. The lowest BCUT2D eigenvalue weighted by Gasteiger charge is -2.47. The molecule has 2 aliphatic heterocycles. The van der Waals surface area contributed by atoms with E-state index in [2.05, 4.69) is 35.2 Å². The van der Waals surface area contributed by atoms with Gasteiger partial charge >= 0.3 is 0 Å². The highest BCUT2D eigenvalue weighted by Gasteiger charge is 2.49. The van der Waals surface area contributed by atoms with Gasteiger partial charge in [0.15, 0.2) is 0 Å². The van der Waals surface area contributed by atoms with Crippen molar-refractivity contribution < 1.29 is 14.0 Å².